The minimum atomic E-state index is -4.41. The van der Waals surface area contributed by atoms with Crippen LogP contribution in [0, 0.1) is 0 Å². The lowest BCUT2D eigenvalue weighted by Crippen LogP contribution is -2.11. The van der Waals surface area contributed by atoms with Crippen LogP contribution in [0.1, 0.15) is 5.69 Å². The van der Waals surface area contributed by atoms with E-state index in [4.69, 9.17) is 10.5 Å². The Morgan fingerprint density at radius 2 is 2.07 bits per heavy atom. The Labute approximate surface area is 78.7 Å². The fraction of sp³-hybridized carbons (Fsp3) is 0.375. The number of aromatic nitrogens is 1. The highest BCUT2D eigenvalue weighted by atomic mass is 19.4. The SMILES string of the molecule is NCCOc1ccc(C(F)(F)F)nc1. The molecule has 3 nitrogen and oxygen atoms in total. The molecule has 0 saturated heterocycles. The highest BCUT2D eigenvalue weighted by Gasteiger charge is 2.32. The van der Waals surface area contributed by atoms with E-state index in [9.17, 15) is 13.2 Å². The summed E-state index contributed by atoms with van der Waals surface area (Å²) in [5.41, 5.74) is 4.22. The van der Waals surface area contributed by atoms with Gasteiger partial charge in [-0.1, -0.05) is 0 Å². The second kappa shape index (κ2) is 4.28. The minimum absolute atomic E-state index is 0.257. The second-order valence-electron chi connectivity index (χ2n) is 2.51. The number of ether oxygens (including phenoxy) is 1. The second-order valence-corrected chi connectivity index (χ2v) is 2.51. The molecule has 0 spiro atoms. The van der Waals surface area contributed by atoms with E-state index in [1.165, 1.54) is 6.07 Å². The fourth-order valence-electron chi connectivity index (χ4n) is 0.810. The van der Waals surface area contributed by atoms with Gasteiger partial charge in [0.1, 0.15) is 18.1 Å². The Kier molecular flexibility index (Phi) is 3.29. The number of rotatable bonds is 3. The summed E-state index contributed by atoms with van der Waals surface area (Å²) in [6, 6.07) is 2.08. The first kappa shape index (κ1) is 10.8. The molecule has 0 saturated carbocycles. The summed E-state index contributed by atoms with van der Waals surface area (Å²) in [6.45, 7) is 0.564. The number of alkyl halides is 3. The molecule has 1 rings (SSSR count). The highest BCUT2D eigenvalue weighted by molar-refractivity contribution is 5.21. The summed E-state index contributed by atoms with van der Waals surface area (Å²) in [4.78, 5) is 3.21. The maximum Gasteiger partial charge on any atom is 0.433 e. The van der Waals surface area contributed by atoms with Crippen LogP contribution in [-0.2, 0) is 6.18 Å². The Hall–Kier alpha value is -1.30. The Bertz CT molecular complexity index is 284. The van der Waals surface area contributed by atoms with Crippen LogP contribution in [0.5, 0.6) is 5.75 Å². The summed E-state index contributed by atoms with van der Waals surface area (Å²) >= 11 is 0. The van der Waals surface area contributed by atoms with Crippen molar-refractivity contribution in [3.05, 3.63) is 24.0 Å². The third kappa shape index (κ3) is 2.88. The van der Waals surface area contributed by atoms with E-state index < -0.39 is 11.9 Å². The zero-order chi connectivity index (χ0) is 10.6. The van der Waals surface area contributed by atoms with Gasteiger partial charge in [0, 0.05) is 6.54 Å². The van der Waals surface area contributed by atoms with Gasteiger partial charge in [0.25, 0.3) is 0 Å². The molecular formula is C8H9F3N2O. The molecule has 6 heteroatoms. The van der Waals surface area contributed by atoms with Gasteiger partial charge in [-0.25, -0.2) is 4.98 Å². The van der Waals surface area contributed by atoms with Crippen molar-refractivity contribution in [2.45, 2.75) is 6.18 Å². The lowest BCUT2D eigenvalue weighted by atomic mass is 10.3. The summed E-state index contributed by atoms with van der Waals surface area (Å²) < 4.78 is 41.1. The predicted molar refractivity (Wildman–Crippen MR) is 43.8 cm³/mol. The number of nitrogens with two attached hydrogens (primary N) is 1. The van der Waals surface area contributed by atoms with Crippen LogP contribution in [-0.4, -0.2) is 18.1 Å². The number of nitrogens with zero attached hydrogens (tertiary/aromatic N) is 1. The van der Waals surface area contributed by atoms with E-state index in [0.717, 1.165) is 12.3 Å². The van der Waals surface area contributed by atoms with Gasteiger partial charge < -0.3 is 10.5 Å². The molecule has 78 valence electrons. The van der Waals surface area contributed by atoms with E-state index in [1.54, 1.807) is 0 Å². The van der Waals surface area contributed by atoms with E-state index in [2.05, 4.69) is 4.98 Å². The number of halogens is 3. The third-order valence-corrected chi connectivity index (χ3v) is 1.41. The van der Waals surface area contributed by atoms with Crippen LogP contribution in [0.25, 0.3) is 0 Å². The zero-order valence-corrected chi connectivity index (χ0v) is 7.21. The molecule has 0 aliphatic rings. The summed E-state index contributed by atoms with van der Waals surface area (Å²) in [7, 11) is 0. The Morgan fingerprint density at radius 1 is 1.36 bits per heavy atom. The van der Waals surface area contributed by atoms with Gasteiger partial charge in [-0.05, 0) is 12.1 Å². The molecule has 1 heterocycles. The Morgan fingerprint density at radius 3 is 2.50 bits per heavy atom. The molecule has 0 fully saturated rings. The van der Waals surface area contributed by atoms with Crippen molar-refractivity contribution in [1.82, 2.24) is 4.98 Å². The number of hydrogen-bond donors (Lipinski definition) is 1. The summed E-state index contributed by atoms with van der Waals surface area (Å²) in [5, 5.41) is 0. The number of pyridine rings is 1. The van der Waals surface area contributed by atoms with Crippen LogP contribution < -0.4 is 10.5 Å². The van der Waals surface area contributed by atoms with Crippen molar-refractivity contribution in [1.29, 1.82) is 0 Å². The van der Waals surface area contributed by atoms with Gasteiger partial charge in [0.05, 0.1) is 6.20 Å². The van der Waals surface area contributed by atoms with Crippen molar-refractivity contribution >= 4 is 0 Å². The minimum Gasteiger partial charge on any atom is -0.491 e. The molecule has 0 aromatic carbocycles. The van der Waals surface area contributed by atoms with Gasteiger partial charge in [0.2, 0.25) is 0 Å². The van der Waals surface area contributed by atoms with Crippen LogP contribution in [0.2, 0.25) is 0 Å². The molecule has 0 unspecified atom stereocenters. The van der Waals surface area contributed by atoms with Crippen molar-refractivity contribution in [3.63, 3.8) is 0 Å². The Balaban J connectivity index is 2.69. The molecule has 1 aromatic rings. The van der Waals surface area contributed by atoms with Gasteiger partial charge in [-0.2, -0.15) is 13.2 Å². The predicted octanol–water partition coefficient (Wildman–Crippen LogP) is 1.44. The standard InChI is InChI=1S/C8H9F3N2O/c9-8(10,11)7-2-1-6(5-13-7)14-4-3-12/h1-2,5H,3-4,12H2. The van der Waals surface area contributed by atoms with Crippen molar-refractivity contribution in [2.24, 2.45) is 5.73 Å². The maximum absolute atomic E-state index is 12.0. The monoisotopic (exact) mass is 206 g/mol. The lowest BCUT2D eigenvalue weighted by molar-refractivity contribution is -0.141. The van der Waals surface area contributed by atoms with Crippen LogP contribution >= 0.6 is 0 Å². The zero-order valence-electron chi connectivity index (χ0n) is 7.21. The molecule has 0 aliphatic carbocycles. The molecular weight excluding hydrogens is 197 g/mol. The fourth-order valence-corrected chi connectivity index (χ4v) is 0.810. The molecule has 1 aromatic heterocycles. The first-order valence-electron chi connectivity index (χ1n) is 3.90. The third-order valence-electron chi connectivity index (χ3n) is 1.41. The topological polar surface area (TPSA) is 48.1 Å². The molecule has 14 heavy (non-hydrogen) atoms. The van der Waals surface area contributed by atoms with Crippen molar-refractivity contribution in [3.8, 4) is 5.75 Å². The quantitative estimate of drug-likeness (QED) is 0.813. The van der Waals surface area contributed by atoms with Crippen LogP contribution in [0.15, 0.2) is 18.3 Å². The normalized spacial score (nSPS) is 11.4. The van der Waals surface area contributed by atoms with Gasteiger partial charge in [-0.15, -0.1) is 0 Å². The van der Waals surface area contributed by atoms with Gasteiger partial charge >= 0.3 is 6.18 Å². The molecule has 0 radical (unpaired) electrons. The van der Waals surface area contributed by atoms with E-state index in [1.807, 2.05) is 0 Å². The molecule has 0 amide bonds. The number of hydrogen-bond acceptors (Lipinski definition) is 3. The summed E-state index contributed by atoms with van der Waals surface area (Å²) in [5.74, 6) is 0.281. The van der Waals surface area contributed by atoms with Gasteiger partial charge in [-0.3, -0.25) is 0 Å². The average Bonchev–Trinajstić information content (AvgIpc) is 2.14. The van der Waals surface area contributed by atoms with Crippen molar-refractivity contribution in [2.75, 3.05) is 13.2 Å². The molecule has 2 N–H and O–H groups in total. The lowest BCUT2D eigenvalue weighted by Gasteiger charge is -2.07. The average molecular weight is 206 g/mol. The smallest absolute Gasteiger partial charge is 0.433 e. The van der Waals surface area contributed by atoms with Crippen molar-refractivity contribution < 1.29 is 17.9 Å². The first-order chi connectivity index (χ1) is 6.54. The molecule has 0 atom stereocenters. The molecule has 0 aliphatic heterocycles. The van der Waals surface area contributed by atoms with E-state index in [-0.39, 0.29) is 12.4 Å². The first-order valence-corrected chi connectivity index (χ1v) is 3.90. The molecule has 0 bridgehead atoms. The van der Waals surface area contributed by atoms with E-state index >= 15 is 0 Å². The van der Waals surface area contributed by atoms with Gasteiger partial charge in [0.15, 0.2) is 0 Å². The largest absolute Gasteiger partial charge is 0.491 e. The van der Waals surface area contributed by atoms with Crippen LogP contribution in [0.4, 0.5) is 13.2 Å². The highest BCUT2D eigenvalue weighted by Crippen LogP contribution is 2.28. The van der Waals surface area contributed by atoms with E-state index in [0.29, 0.717) is 6.54 Å². The summed E-state index contributed by atoms with van der Waals surface area (Å²) in [6.07, 6.45) is -3.38. The van der Waals surface area contributed by atoms with Crippen LogP contribution in [0.3, 0.4) is 0 Å². The maximum atomic E-state index is 12.0.